The van der Waals surface area contributed by atoms with Gasteiger partial charge >= 0.3 is 0 Å². The van der Waals surface area contributed by atoms with Crippen molar-refractivity contribution in [2.75, 3.05) is 0 Å². The van der Waals surface area contributed by atoms with Crippen LogP contribution in [0.25, 0.3) is 16.9 Å². The molecule has 2 heterocycles. The van der Waals surface area contributed by atoms with Gasteiger partial charge in [-0.2, -0.15) is 0 Å². The van der Waals surface area contributed by atoms with Gasteiger partial charge in [-0.25, -0.2) is 9.67 Å². The number of nitro benzene ring substituents is 1. The molecule has 5 aromatic rings. The van der Waals surface area contributed by atoms with Gasteiger partial charge in [-0.05, 0) is 37.5 Å². The summed E-state index contributed by atoms with van der Waals surface area (Å²) in [5, 5.41) is 13.4. The van der Waals surface area contributed by atoms with Gasteiger partial charge in [0.15, 0.2) is 10.5 Å². The van der Waals surface area contributed by atoms with Gasteiger partial charge < -0.3 is 4.57 Å². The Morgan fingerprint density at radius 3 is 2.39 bits per heavy atom. The molecule has 0 amide bonds. The SMILES string of the molecule is Cc1c(N=c2scc(-c3cccc([N+](=O)[O-])c3)n2CCCc2ccccc2)c(=O)n(-c2ccccc2)n1C. The van der Waals surface area contributed by atoms with E-state index in [1.165, 1.54) is 23.0 Å². The minimum absolute atomic E-state index is 0.0349. The van der Waals surface area contributed by atoms with Gasteiger partial charge in [-0.15, -0.1) is 11.3 Å². The van der Waals surface area contributed by atoms with Crippen LogP contribution in [0.2, 0.25) is 0 Å². The number of nitro groups is 1. The van der Waals surface area contributed by atoms with Gasteiger partial charge in [0.25, 0.3) is 11.2 Å². The van der Waals surface area contributed by atoms with Crippen molar-refractivity contribution in [3.63, 3.8) is 0 Å². The van der Waals surface area contributed by atoms with Crippen LogP contribution in [0.4, 0.5) is 11.4 Å². The molecule has 8 nitrogen and oxygen atoms in total. The van der Waals surface area contributed by atoms with Crippen molar-refractivity contribution in [3.8, 4) is 16.9 Å². The average Bonchev–Trinajstić information content (AvgIpc) is 3.43. The number of rotatable bonds is 8. The fourth-order valence-electron chi connectivity index (χ4n) is 4.51. The van der Waals surface area contributed by atoms with E-state index < -0.39 is 0 Å². The molecular weight excluding hydrogens is 498 g/mol. The van der Waals surface area contributed by atoms with Crippen LogP contribution in [0.5, 0.6) is 0 Å². The van der Waals surface area contributed by atoms with Crippen molar-refractivity contribution < 1.29 is 4.92 Å². The van der Waals surface area contributed by atoms with Gasteiger partial charge in [-0.1, -0.05) is 60.7 Å². The lowest BCUT2D eigenvalue weighted by atomic mass is 10.1. The largest absolute Gasteiger partial charge is 0.316 e. The molecule has 0 N–H and O–H groups in total. The van der Waals surface area contributed by atoms with Gasteiger partial charge in [0.05, 0.1) is 22.0 Å². The second kappa shape index (κ2) is 10.9. The monoisotopic (exact) mass is 525 g/mol. The summed E-state index contributed by atoms with van der Waals surface area (Å²) in [5.41, 5.74) is 4.54. The number of hydrogen-bond donors (Lipinski definition) is 0. The number of non-ortho nitro benzene ring substituents is 1. The van der Waals surface area contributed by atoms with Crippen molar-refractivity contribution in [2.24, 2.45) is 12.0 Å². The normalized spacial score (nSPS) is 11.7. The maximum Gasteiger partial charge on any atom is 0.297 e. The molecule has 0 bridgehead atoms. The highest BCUT2D eigenvalue weighted by Gasteiger charge is 2.17. The number of nitrogens with zero attached hydrogens (tertiary/aromatic N) is 5. The molecule has 38 heavy (non-hydrogen) atoms. The number of benzene rings is 3. The third-order valence-electron chi connectivity index (χ3n) is 6.57. The van der Waals surface area contributed by atoms with Crippen molar-refractivity contribution in [2.45, 2.75) is 26.3 Å². The van der Waals surface area contributed by atoms with E-state index in [0.29, 0.717) is 17.0 Å². The van der Waals surface area contributed by atoms with Gasteiger partial charge in [-0.3, -0.25) is 19.6 Å². The number of aromatic nitrogens is 3. The highest BCUT2D eigenvalue weighted by atomic mass is 32.1. The van der Waals surface area contributed by atoms with Crippen LogP contribution >= 0.6 is 11.3 Å². The predicted octanol–water partition coefficient (Wildman–Crippen LogP) is 5.79. The van der Waals surface area contributed by atoms with E-state index in [-0.39, 0.29) is 16.2 Å². The molecule has 0 aliphatic heterocycles. The Balaban J connectivity index is 1.60. The topological polar surface area (TPSA) is 87.4 Å². The Kier molecular flexibility index (Phi) is 7.19. The molecular formula is C29H27N5O3S. The molecule has 0 saturated heterocycles. The maximum atomic E-state index is 13.5. The molecule has 0 saturated carbocycles. The van der Waals surface area contributed by atoms with Crippen LogP contribution in [-0.4, -0.2) is 18.9 Å². The minimum atomic E-state index is -0.389. The van der Waals surface area contributed by atoms with Gasteiger partial charge in [0, 0.05) is 36.7 Å². The summed E-state index contributed by atoms with van der Waals surface area (Å²) in [5.74, 6) is 0. The number of thiazole rings is 1. The molecule has 0 atom stereocenters. The fraction of sp³-hybridized carbons (Fsp3) is 0.172. The average molecular weight is 526 g/mol. The summed E-state index contributed by atoms with van der Waals surface area (Å²) >= 11 is 1.42. The molecule has 0 aliphatic rings. The molecule has 9 heteroatoms. The van der Waals surface area contributed by atoms with Crippen molar-refractivity contribution >= 4 is 22.7 Å². The first-order valence-corrected chi connectivity index (χ1v) is 13.2. The van der Waals surface area contributed by atoms with E-state index >= 15 is 0 Å². The molecule has 192 valence electrons. The summed E-state index contributed by atoms with van der Waals surface area (Å²) in [7, 11) is 1.85. The van der Waals surface area contributed by atoms with E-state index in [0.717, 1.165) is 35.5 Å². The number of para-hydroxylation sites is 1. The Hall–Kier alpha value is -4.50. The van der Waals surface area contributed by atoms with E-state index in [1.54, 1.807) is 16.8 Å². The minimum Gasteiger partial charge on any atom is -0.316 e. The summed E-state index contributed by atoms with van der Waals surface area (Å²) in [6, 6.07) is 26.4. The molecule has 0 aliphatic carbocycles. The molecule has 5 rings (SSSR count). The van der Waals surface area contributed by atoms with E-state index in [9.17, 15) is 14.9 Å². The van der Waals surface area contributed by atoms with Crippen LogP contribution < -0.4 is 10.4 Å². The molecule has 3 aromatic carbocycles. The summed E-state index contributed by atoms with van der Waals surface area (Å²) in [6.45, 7) is 2.53. The maximum absolute atomic E-state index is 13.5. The first-order valence-electron chi connectivity index (χ1n) is 12.3. The molecule has 0 unspecified atom stereocenters. The van der Waals surface area contributed by atoms with Gasteiger partial charge in [0.1, 0.15) is 0 Å². The number of aryl methyl sites for hydroxylation is 1. The lowest BCUT2D eigenvalue weighted by Gasteiger charge is -2.09. The first kappa shape index (κ1) is 25.2. The molecule has 0 radical (unpaired) electrons. The van der Waals surface area contributed by atoms with E-state index in [4.69, 9.17) is 4.99 Å². The zero-order valence-electron chi connectivity index (χ0n) is 21.2. The Bertz CT molecular complexity index is 1710. The Morgan fingerprint density at radius 1 is 0.974 bits per heavy atom. The van der Waals surface area contributed by atoms with Gasteiger partial charge in [0.2, 0.25) is 0 Å². The summed E-state index contributed by atoms with van der Waals surface area (Å²) in [6.07, 6.45) is 1.72. The standard InChI is InChI=1S/C29H27N5O3S/c1-21-27(28(35)33(31(21)2)24-15-7-4-8-16-24)30-29-32(18-10-13-22-11-5-3-6-12-22)26(20-38-29)23-14-9-17-25(19-23)34(36)37/h3-9,11-12,14-17,19-20H,10,13,18H2,1-2H3. The predicted molar refractivity (Wildman–Crippen MR) is 150 cm³/mol. The molecule has 0 spiro atoms. The molecule has 2 aromatic heterocycles. The summed E-state index contributed by atoms with van der Waals surface area (Å²) < 4.78 is 5.49. The lowest BCUT2D eigenvalue weighted by Crippen LogP contribution is -2.20. The van der Waals surface area contributed by atoms with Crippen molar-refractivity contribution in [1.82, 2.24) is 13.9 Å². The Labute approximate surface area is 223 Å². The molecule has 0 fully saturated rings. The number of hydrogen-bond acceptors (Lipinski definition) is 5. The van der Waals surface area contributed by atoms with E-state index in [1.807, 2.05) is 78.6 Å². The smallest absolute Gasteiger partial charge is 0.297 e. The lowest BCUT2D eigenvalue weighted by molar-refractivity contribution is -0.384. The zero-order valence-corrected chi connectivity index (χ0v) is 22.0. The second-order valence-corrected chi connectivity index (χ2v) is 9.81. The van der Waals surface area contributed by atoms with Crippen LogP contribution in [0, 0.1) is 17.0 Å². The highest BCUT2D eigenvalue weighted by molar-refractivity contribution is 7.07. The third-order valence-corrected chi connectivity index (χ3v) is 7.44. The van der Waals surface area contributed by atoms with Crippen LogP contribution in [0.15, 0.2) is 100 Å². The van der Waals surface area contributed by atoms with Crippen LogP contribution in [-0.2, 0) is 20.0 Å². The van der Waals surface area contributed by atoms with Crippen molar-refractivity contribution in [3.05, 3.63) is 127 Å². The van der Waals surface area contributed by atoms with Crippen LogP contribution in [0.3, 0.4) is 0 Å². The highest BCUT2D eigenvalue weighted by Crippen LogP contribution is 2.25. The quantitative estimate of drug-likeness (QED) is 0.190. The van der Waals surface area contributed by atoms with Crippen molar-refractivity contribution in [1.29, 1.82) is 0 Å². The summed E-state index contributed by atoms with van der Waals surface area (Å²) in [4.78, 5) is 30.1. The first-order chi connectivity index (χ1) is 18.4. The zero-order chi connectivity index (χ0) is 26.6. The third kappa shape index (κ3) is 5.01. The van der Waals surface area contributed by atoms with Crippen LogP contribution in [0.1, 0.15) is 17.7 Å². The second-order valence-electron chi connectivity index (χ2n) is 8.97. The van der Waals surface area contributed by atoms with E-state index in [2.05, 4.69) is 16.7 Å². The fourth-order valence-corrected chi connectivity index (χ4v) is 5.45. The Morgan fingerprint density at radius 2 is 1.68 bits per heavy atom.